The first kappa shape index (κ1) is 11.9. The standard InChI is InChI=1S/C12H16N2O3/c1-16-11-7-9(3-5-13-11)8-14-6-4-10(14)12(15)17-2/h3,5,7,10H,4,6,8H2,1-2H3. The molecule has 0 aromatic carbocycles. The number of aromatic nitrogens is 1. The molecule has 1 atom stereocenters. The predicted molar refractivity (Wildman–Crippen MR) is 61.6 cm³/mol. The van der Waals surface area contributed by atoms with Gasteiger partial charge in [0.05, 0.1) is 14.2 Å². The molecule has 1 aromatic rings. The minimum absolute atomic E-state index is 0.0980. The monoisotopic (exact) mass is 236 g/mol. The topological polar surface area (TPSA) is 51.7 Å². The summed E-state index contributed by atoms with van der Waals surface area (Å²) in [6.45, 7) is 1.64. The molecule has 2 rings (SSSR count). The van der Waals surface area contributed by atoms with Crippen LogP contribution in [0.3, 0.4) is 0 Å². The normalized spacial score (nSPS) is 19.5. The van der Waals surface area contributed by atoms with Gasteiger partial charge >= 0.3 is 5.97 Å². The Morgan fingerprint density at radius 3 is 3.00 bits per heavy atom. The average Bonchev–Trinajstić information content (AvgIpc) is 2.34. The summed E-state index contributed by atoms with van der Waals surface area (Å²) in [6, 6.07) is 3.71. The molecule has 0 N–H and O–H groups in total. The fourth-order valence-electron chi connectivity index (χ4n) is 1.93. The molecule has 0 spiro atoms. The Morgan fingerprint density at radius 2 is 2.41 bits per heavy atom. The van der Waals surface area contributed by atoms with Gasteiger partial charge in [-0.3, -0.25) is 9.69 Å². The Morgan fingerprint density at radius 1 is 1.59 bits per heavy atom. The van der Waals surface area contributed by atoms with Crippen LogP contribution in [0.5, 0.6) is 5.88 Å². The lowest BCUT2D eigenvalue weighted by molar-refractivity contribution is -0.152. The van der Waals surface area contributed by atoms with Crippen molar-refractivity contribution < 1.29 is 14.3 Å². The van der Waals surface area contributed by atoms with Crippen LogP contribution in [-0.4, -0.2) is 42.7 Å². The van der Waals surface area contributed by atoms with Crippen LogP contribution >= 0.6 is 0 Å². The van der Waals surface area contributed by atoms with Crippen LogP contribution in [0, 0.1) is 0 Å². The number of esters is 1. The number of carbonyl (C=O) groups is 1. The highest BCUT2D eigenvalue weighted by molar-refractivity contribution is 5.76. The maximum absolute atomic E-state index is 11.4. The van der Waals surface area contributed by atoms with Gasteiger partial charge in [-0.25, -0.2) is 4.98 Å². The van der Waals surface area contributed by atoms with Crippen LogP contribution in [0.2, 0.25) is 0 Å². The highest BCUT2D eigenvalue weighted by Crippen LogP contribution is 2.22. The van der Waals surface area contributed by atoms with Crippen molar-refractivity contribution in [1.29, 1.82) is 0 Å². The van der Waals surface area contributed by atoms with E-state index >= 15 is 0 Å². The first-order valence-corrected chi connectivity index (χ1v) is 5.55. The van der Waals surface area contributed by atoms with Crippen molar-refractivity contribution >= 4 is 5.97 Å². The largest absolute Gasteiger partial charge is 0.481 e. The number of ether oxygens (including phenoxy) is 2. The summed E-state index contributed by atoms with van der Waals surface area (Å²) in [5, 5.41) is 0. The van der Waals surface area contributed by atoms with E-state index in [2.05, 4.69) is 9.88 Å². The predicted octanol–water partition coefficient (Wildman–Crippen LogP) is 0.837. The van der Waals surface area contributed by atoms with Crippen LogP contribution in [0.1, 0.15) is 12.0 Å². The molecule has 1 unspecified atom stereocenters. The summed E-state index contributed by atoms with van der Waals surface area (Å²) >= 11 is 0. The van der Waals surface area contributed by atoms with E-state index in [1.165, 1.54) is 7.11 Å². The van der Waals surface area contributed by atoms with E-state index < -0.39 is 0 Å². The minimum atomic E-state index is -0.155. The molecule has 0 saturated carbocycles. The van der Waals surface area contributed by atoms with Crippen LogP contribution < -0.4 is 4.74 Å². The van der Waals surface area contributed by atoms with E-state index in [9.17, 15) is 4.79 Å². The Balaban J connectivity index is 1.99. The molecule has 1 saturated heterocycles. The SMILES string of the molecule is COC(=O)C1CCN1Cc1ccnc(OC)c1. The second kappa shape index (κ2) is 5.14. The van der Waals surface area contributed by atoms with Gasteiger partial charge in [0, 0.05) is 25.4 Å². The third kappa shape index (κ3) is 2.55. The molecule has 0 aliphatic carbocycles. The molecule has 1 aliphatic rings. The molecule has 2 heterocycles. The van der Waals surface area contributed by atoms with Crippen molar-refractivity contribution in [3.05, 3.63) is 23.9 Å². The van der Waals surface area contributed by atoms with Gasteiger partial charge in [0.25, 0.3) is 0 Å². The maximum Gasteiger partial charge on any atom is 0.323 e. The smallest absolute Gasteiger partial charge is 0.323 e. The third-order valence-electron chi connectivity index (χ3n) is 3.00. The van der Waals surface area contributed by atoms with Crippen LogP contribution in [0.25, 0.3) is 0 Å². The highest BCUT2D eigenvalue weighted by Gasteiger charge is 2.34. The first-order chi connectivity index (χ1) is 8.24. The lowest BCUT2D eigenvalue weighted by atomic mass is 10.0. The summed E-state index contributed by atoms with van der Waals surface area (Å²) in [5.74, 6) is 0.440. The van der Waals surface area contributed by atoms with Gasteiger partial charge in [-0.2, -0.15) is 0 Å². The number of rotatable bonds is 4. The second-order valence-electron chi connectivity index (χ2n) is 4.00. The molecule has 0 bridgehead atoms. The average molecular weight is 236 g/mol. The number of carbonyl (C=O) groups excluding carboxylic acids is 1. The number of methoxy groups -OCH3 is 2. The van der Waals surface area contributed by atoms with Crippen molar-refractivity contribution in [1.82, 2.24) is 9.88 Å². The van der Waals surface area contributed by atoms with E-state index in [1.807, 2.05) is 12.1 Å². The highest BCUT2D eigenvalue weighted by atomic mass is 16.5. The van der Waals surface area contributed by atoms with Crippen molar-refractivity contribution in [2.24, 2.45) is 0 Å². The quantitative estimate of drug-likeness (QED) is 0.725. The molecule has 92 valence electrons. The minimum Gasteiger partial charge on any atom is -0.481 e. The van der Waals surface area contributed by atoms with E-state index in [-0.39, 0.29) is 12.0 Å². The van der Waals surface area contributed by atoms with Crippen molar-refractivity contribution in [2.75, 3.05) is 20.8 Å². The molecule has 5 heteroatoms. The lowest BCUT2D eigenvalue weighted by Crippen LogP contribution is -2.52. The van der Waals surface area contributed by atoms with E-state index in [1.54, 1.807) is 13.3 Å². The zero-order valence-corrected chi connectivity index (χ0v) is 10.0. The van der Waals surface area contributed by atoms with Crippen LogP contribution in [0.4, 0.5) is 0 Å². The van der Waals surface area contributed by atoms with E-state index in [0.29, 0.717) is 5.88 Å². The zero-order valence-electron chi connectivity index (χ0n) is 10.0. The zero-order chi connectivity index (χ0) is 12.3. The molecule has 5 nitrogen and oxygen atoms in total. The summed E-state index contributed by atoms with van der Waals surface area (Å²) in [7, 11) is 3.02. The molecule has 1 fully saturated rings. The molecule has 0 amide bonds. The number of hydrogen-bond acceptors (Lipinski definition) is 5. The fourth-order valence-corrected chi connectivity index (χ4v) is 1.93. The number of nitrogens with zero attached hydrogens (tertiary/aromatic N) is 2. The molecular formula is C12H16N2O3. The van der Waals surface area contributed by atoms with Crippen LogP contribution in [0.15, 0.2) is 18.3 Å². The van der Waals surface area contributed by atoms with Gasteiger partial charge in [0.2, 0.25) is 5.88 Å². The fraction of sp³-hybridized carbons (Fsp3) is 0.500. The van der Waals surface area contributed by atoms with Gasteiger partial charge < -0.3 is 9.47 Å². The summed E-state index contributed by atoms with van der Waals surface area (Å²) in [4.78, 5) is 17.5. The van der Waals surface area contributed by atoms with Crippen LogP contribution in [-0.2, 0) is 16.1 Å². The molecule has 1 aromatic heterocycles. The Kier molecular flexibility index (Phi) is 3.58. The maximum atomic E-state index is 11.4. The van der Waals surface area contributed by atoms with E-state index in [0.717, 1.165) is 25.1 Å². The summed E-state index contributed by atoms with van der Waals surface area (Å²) in [5.41, 5.74) is 1.09. The molecule has 0 radical (unpaired) electrons. The van der Waals surface area contributed by atoms with Gasteiger partial charge in [-0.15, -0.1) is 0 Å². The van der Waals surface area contributed by atoms with E-state index in [4.69, 9.17) is 9.47 Å². The lowest BCUT2D eigenvalue weighted by Gasteiger charge is -2.38. The second-order valence-corrected chi connectivity index (χ2v) is 4.00. The third-order valence-corrected chi connectivity index (χ3v) is 3.00. The Bertz CT molecular complexity index is 408. The molecular weight excluding hydrogens is 220 g/mol. The first-order valence-electron chi connectivity index (χ1n) is 5.55. The Hall–Kier alpha value is -1.62. The van der Waals surface area contributed by atoms with Crippen molar-refractivity contribution in [3.8, 4) is 5.88 Å². The Labute approximate surface area is 100 Å². The van der Waals surface area contributed by atoms with Gasteiger partial charge in [-0.05, 0) is 18.1 Å². The number of hydrogen-bond donors (Lipinski definition) is 0. The molecule has 1 aliphatic heterocycles. The number of pyridine rings is 1. The summed E-state index contributed by atoms with van der Waals surface area (Å²) < 4.78 is 9.81. The molecule has 17 heavy (non-hydrogen) atoms. The van der Waals surface area contributed by atoms with Crippen molar-refractivity contribution in [2.45, 2.75) is 19.0 Å². The summed E-state index contributed by atoms with van der Waals surface area (Å²) in [6.07, 6.45) is 2.58. The van der Waals surface area contributed by atoms with Gasteiger partial charge in [0.15, 0.2) is 0 Å². The van der Waals surface area contributed by atoms with Gasteiger partial charge in [0.1, 0.15) is 6.04 Å². The van der Waals surface area contributed by atoms with Gasteiger partial charge in [-0.1, -0.05) is 0 Å². The van der Waals surface area contributed by atoms with Crippen molar-refractivity contribution in [3.63, 3.8) is 0 Å². The number of likely N-dealkylation sites (tertiary alicyclic amines) is 1.